The summed E-state index contributed by atoms with van der Waals surface area (Å²) in [6.45, 7) is 5.36. The molecule has 1 aromatic rings. The van der Waals surface area contributed by atoms with Crippen molar-refractivity contribution in [2.24, 2.45) is 0 Å². The Hall–Kier alpha value is -1.07. The number of likely N-dealkylation sites (tertiary alicyclic amines) is 1. The highest BCUT2D eigenvalue weighted by Crippen LogP contribution is 2.20. The molecule has 5 heteroatoms. The number of aliphatic hydroxyl groups is 1. The molecule has 17 heavy (non-hydrogen) atoms. The average Bonchev–Trinajstić information content (AvgIpc) is 2.96. The monoisotopic (exact) mass is 239 g/mol. The van der Waals surface area contributed by atoms with Crippen LogP contribution in [0.5, 0.6) is 0 Å². The maximum Gasteiger partial charge on any atom is 0.297 e. The fraction of sp³-hybridized carbons (Fsp3) is 0.750. The summed E-state index contributed by atoms with van der Waals surface area (Å²) in [6.07, 6.45) is 4.03. The normalized spacial score (nSPS) is 21.0. The summed E-state index contributed by atoms with van der Waals surface area (Å²) < 4.78 is 5.33. The van der Waals surface area contributed by atoms with E-state index in [1.807, 2.05) is 11.9 Å². The average molecular weight is 239 g/mol. The Bertz CT molecular complexity index is 353. The Morgan fingerprint density at radius 2 is 2.47 bits per heavy atom. The summed E-state index contributed by atoms with van der Waals surface area (Å²) >= 11 is 0. The lowest BCUT2D eigenvalue weighted by Gasteiger charge is -2.26. The van der Waals surface area contributed by atoms with E-state index >= 15 is 0 Å². The van der Waals surface area contributed by atoms with Gasteiger partial charge in [0.05, 0.1) is 6.61 Å². The molecule has 2 rings (SSSR count). The zero-order valence-electron chi connectivity index (χ0n) is 10.6. The van der Waals surface area contributed by atoms with Crippen molar-refractivity contribution >= 4 is 6.01 Å². The van der Waals surface area contributed by atoms with Gasteiger partial charge in [0.2, 0.25) is 0 Å². The Morgan fingerprint density at radius 3 is 3.12 bits per heavy atom. The first-order chi connectivity index (χ1) is 8.24. The fourth-order valence-electron chi connectivity index (χ4n) is 2.46. The van der Waals surface area contributed by atoms with Gasteiger partial charge < -0.3 is 14.4 Å². The van der Waals surface area contributed by atoms with Crippen molar-refractivity contribution in [3.63, 3.8) is 0 Å². The summed E-state index contributed by atoms with van der Waals surface area (Å²) in [7, 11) is 1.99. The predicted octanol–water partition coefficient (Wildman–Crippen LogP) is 1.09. The first kappa shape index (κ1) is 12.4. The number of aromatic nitrogens is 1. The number of oxazole rings is 1. The van der Waals surface area contributed by atoms with E-state index in [1.165, 1.54) is 25.6 Å². The second kappa shape index (κ2) is 5.51. The Kier molecular flexibility index (Phi) is 4.02. The molecule has 0 aliphatic carbocycles. The molecule has 2 heterocycles. The van der Waals surface area contributed by atoms with Gasteiger partial charge in [0.1, 0.15) is 12.0 Å². The molecule has 1 N–H and O–H groups in total. The smallest absolute Gasteiger partial charge is 0.297 e. The first-order valence-corrected chi connectivity index (χ1v) is 6.25. The highest BCUT2D eigenvalue weighted by Gasteiger charge is 2.25. The molecule has 0 aromatic carbocycles. The van der Waals surface area contributed by atoms with Crippen LogP contribution in [-0.4, -0.2) is 47.7 Å². The predicted molar refractivity (Wildman–Crippen MR) is 66.0 cm³/mol. The maximum atomic E-state index is 8.95. The van der Waals surface area contributed by atoms with Gasteiger partial charge in [-0.15, -0.1) is 0 Å². The van der Waals surface area contributed by atoms with Crippen LogP contribution in [0.3, 0.4) is 0 Å². The van der Waals surface area contributed by atoms with Gasteiger partial charge in [-0.2, -0.15) is 4.98 Å². The number of nitrogens with zero attached hydrogens (tertiary/aromatic N) is 3. The molecular formula is C12H21N3O2. The van der Waals surface area contributed by atoms with E-state index in [2.05, 4.69) is 16.8 Å². The SMILES string of the molecule is CCN1CCCC1CN(C)c1nc(CO)co1. The minimum atomic E-state index is -0.0676. The van der Waals surface area contributed by atoms with Crippen LogP contribution in [0.2, 0.25) is 0 Å². The van der Waals surface area contributed by atoms with Crippen LogP contribution in [0.1, 0.15) is 25.5 Å². The summed E-state index contributed by atoms with van der Waals surface area (Å²) in [6, 6.07) is 1.19. The van der Waals surface area contributed by atoms with Crippen molar-refractivity contribution in [1.29, 1.82) is 0 Å². The van der Waals surface area contributed by atoms with Crippen molar-refractivity contribution in [1.82, 2.24) is 9.88 Å². The summed E-state index contributed by atoms with van der Waals surface area (Å²) in [5.74, 6) is 0. The molecule has 0 bridgehead atoms. The highest BCUT2D eigenvalue weighted by molar-refractivity contribution is 5.25. The topological polar surface area (TPSA) is 52.7 Å². The van der Waals surface area contributed by atoms with Crippen LogP contribution in [-0.2, 0) is 6.61 Å². The molecule has 1 fully saturated rings. The highest BCUT2D eigenvalue weighted by atomic mass is 16.4. The second-order valence-electron chi connectivity index (χ2n) is 4.58. The van der Waals surface area contributed by atoms with Gasteiger partial charge in [0.15, 0.2) is 0 Å². The molecule has 1 unspecified atom stereocenters. The molecule has 1 saturated heterocycles. The lowest BCUT2D eigenvalue weighted by Crippen LogP contribution is -2.38. The molecule has 0 spiro atoms. The van der Waals surface area contributed by atoms with E-state index in [9.17, 15) is 0 Å². The van der Waals surface area contributed by atoms with E-state index in [1.54, 1.807) is 0 Å². The van der Waals surface area contributed by atoms with Crippen LogP contribution >= 0.6 is 0 Å². The number of rotatable bonds is 5. The summed E-state index contributed by atoms with van der Waals surface area (Å²) in [5.41, 5.74) is 0.589. The van der Waals surface area contributed by atoms with Crippen molar-refractivity contribution in [3.05, 3.63) is 12.0 Å². The van der Waals surface area contributed by atoms with Crippen molar-refractivity contribution in [2.45, 2.75) is 32.4 Å². The van der Waals surface area contributed by atoms with Gasteiger partial charge in [-0.3, -0.25) is 4.90 Å². The maximum absolute atomic E-state index is 8.95. The van der Waals surface area contributed by atoms with Crippen LogP contribution in [0.15, 0.2) is 10.7 Å². The van der Waals surface area contributed by atoms with E-state index in [0.717, 1.165) is 13.1 Å². The number of hydrogen-bond donors (Lipinski definition) is 1. The number of aliphatic hydroxyl groups excluding tert-OH is 1. The summed E-state index contributed by atoms with van der Waals surface area (Å²) in [5, 5.41) is 8.95. The van der Waals surface area contributed by atoms with E-state index < -0.39 is 0 Å². The molecule has 1 aliphatic rings. The molecule has 1 atom stereocenters. The van der Waals surface area contributed by atoms with Crippen LogP contribution < -0.4 is 4.90 Å². The Balaban J connectivity index is 1.94. The minimum Gasteiger partial charge on any atom is -0.432 e. The standard InChI is InChI=1S/C12H21N3O2/c1-3-15-6-4-5-11(15)7-14(2)12-13-10(8-16)9-17-12/h9,11,16H,3-8H2,1-2H3. The molecule has 1 aromatic heterocycles. The fourth-order valence-corrected chi connectivity index (χ4v) is 2.46. The van der Waals surface area contributed by atoms with Crippen molar-refractivity contribution < 1.29 is 9.52 Å². The number of hydrogen-bond acceptors (Lipinski definition) is 5. The number of anilines is 1. The van der Waals surface area contributed by atoms with Crippen LogP contribution in [0.25, 0.3) is 0 Å². The van der Waals surface area contributed by atoms with Crippen LogP contribution in [0.4, 0.5) is 6.01 Å². The summed E-state index contributed by atoms with van der Waals surface area (Å²) in [4.78, 5) is 8.73. The zero-order chi connectivity index (χ0) is 12.3. The number of likely N-dealkylation sites (N-methyl/N-ethyl adjacent to an activating group) is 2. The van der Waals surface area contributed by atoms with E-state index in [0.29, 0.717) is 17.8 Å². The zero-order valence-corrected chi connectivity index (χ0v) is 10.6. The van der Waals surface area contributed by atoms with Gasteiger partial charge in [-0.05, 0) is 25.9 Å². The molecular weight excluding hydrogens is 218 g/mol. The van der Waals surface area contributed by atoms with Gasteiger partial charge in [-0.25, -0.2) is 0 Å². The van der Waals surface area contributed by atoms with Crippen LogP contribution in [0, 0.1) is 0 Å². The van der Waals surface area contributed by atoms with Crippen molar-refractivity contribution in [3.8, 4) is 0 Å². The van der Waals surface area contributed by atoms with E-state index in [4.69, 9.17) is 9.52 Å². The molecule has 96 valence electrons. The lowest BCUT2D eigenvalue weighted by atomic mass is 10.2. The molecule has 0 amide bonds. The molecule has 0 saturated carbocycles. The second-order valence-corrected chi connectivity index (χ2v) is 4.58. The lowest BCUT2D eigenvalue weighted by molar-refractivity contribution is 0.268. The van der Waals surface area contributed by atoms with Gasteiger partial charge in [0, 0.05) is 19.6 Å². The van der Waals surface area contributed by atoms with Crippen molar-refractivity contribution in [2.75, 3.05) is 31.6 Å². The molecule has 5 nitrogen and oxygen atoms in total. The van der Waals surface area contributed by atoms with E-state index in [-0.39, 0.29) is 6.61 Å². The molecule has 0 radical (unpaired) electrons. The third kappa shape index (κ3) is 2.79. The van der Waals surface area contributed by atoms with Gasteiger partial charge >= 0.3 is 0 Å². The van der Waals surface area contributed by atoms with Gasteiger partial charge in [-0.1, -0.05) is 6.92 Å². The molecule has 1 aliphatic heterocycles. The first-order valence-electron chi connectivity index (χ1n) is 6.25. The Labute approximate surface area is 102 Å². The Morgan fingerprint density at radius 1 is 1.65 bits per heavy atom. The third-order valence-corrected chi connectivity index (χ3v) is 3.42. The third-order valence-electron chi connectivity index (χ3n) is 3.42. The minimum absolute atomic E-state index is 0.0676. The quantitative estimate of drug-likeness (QED) is 0.833. The largest absolute Gasteiger partial charge is 0.432 e. The van der Waals surface area contributed by atoms with Gasteiger partial charge in [0.25, 0.3) is 6.01 Å².